The van der Waals surface area contributed by atoms with Crippen LogP contribution in [0.4, 0.5) is 17.6 Å². The number of hydrogen-bond acceptors (Lipinski definition) is 6. The maximum atomic E-state index is 15.8. The third kappa shape index (κ3) is 5.69. The lowest BCUT2D eigenvalue weighted by atomic mass is 9.87. The van der Waals surface area contributed by atoms with Crippen molar-refractivity contribution in [3.8, 4) is 17.0 Å². The summed E-state index contributed by atoms with van der Waals surface area (Å²) >= 11 is 5.88. The van der Waals surface area contributed by atoms with Crippen LogP contribution in [0.3, 0.4) is 0 Å². The Labute approximate surface area is 267 Å². The number of halogens is 5. The van der Waals surface area contributed by atoms with Crippen molar-refractivity contribution in [3.63, 3.8) is 0 Å². The first-order valence-electron chi connectivity index (χ1n) is 14.8. The minimum Gasteiger partial charge on any atom is -0.494 e. The number of nitrogens with zero attached hydrogens (tertiary/aromatic N) is 2. The first kappa shape index (κ1) is 32.2. The van der Waals surface area contributed by atoms with Gasteiger partial charge in [0.15, 0.2) is 5.82 Å². The van der Waals surface area contributed by atoms with E-state index in [-0.39, 0.29) is 23.4 Å². The second-order valence-electron chi connectivity index (χ2n) is 12.8. The molecule has 1 aromatic heterocycles. The Morgan fingerprint density at radius 2 is 1.83 bits per heavy atom. The van der Waals surface area contributed by atoms with E-state index in [9.17, 15) is 28.2 Å². The van der Waals surface area contributed by atoms with Gasteiger partial charge in [0, 0.05) is 28.0 Å². The van der Waals surface area contributed by atoms with Crippen LogP contribution in [0.15, 0.2) is 47.5 Å². The van der Waals surface area contributed by atoms with Gasteiger partial charge in [-0.05, 0) is 81.4 Å². The summed E-state index contributed by atoms with van der Waals surface area (Å²) in [6, 6.07) is 5.04. The van der Waals surface area contributed by atoms with Crippen molar-refractivity contribution < 1.29 is 37.3 Å². The van der Waals surface area contributed by atoms with E-state index in [1.165, 1.54) is 33.1 Å². The van der Waals surface area contributed by atoms with Crippen LogP contribution >= 0.6 is 11.6 Å². The van der Waals surface area contributed by atoms with Crippen molar-refractivity contribution in [1.82, 2.24) is 10.3 Å². The molecule has 242 valence electrons. The summed E-state index contributed by atoms with van der Waals surface area (Å²) in [5.74, 6) is -3.96. The van der Waals surface area contributed by atoms with Crippen molar-refractivity contribution in [3.05, 3.63) is 92.4 Å². The van der Waals surface area contributed by atoms with Crippen LogP contribution < -0.4 is 20.6 Å². The fourth-order valence-electron chi connectivity index (χ4n) is 5.80. The number of alkyl halides is 1. The van der Waals surface area contributed by atoms with Gasteiger partial charge in [-0.25, -0.2) is 22.5 Å². The van der Waals surface area contributed by atoms with Crippen LogP contribution in [0.1, 0.15) is 61.1 Å². The molecule has 1 amide bonds. The zero-order chi connectivity index (χ0) is 33.3. The van der Waals surface area contributed by atoms with Gasteiger partial charge in [0.2, 0.25) is 0 Å². The van der Waals surface area contributed by atoms with Crippen LogP contribution in [0, 0.1) is 23.4 Å². The van der Waals surface area contributed by atoms with E-state index in [4.69, 9.17) is 16.3 Å². The van der Waals surface area contributed by atoms with Crippen molar-refractivity contribution in [2.45, 2.75) is 62.4 Å². The standard InChI is InChI=1S/C34H32ClF4N3O4/c1-16(33(39)7-8-33)25-10-17-9-18(11-26(46-4)29(17)41-25)31(43)40-15-34(45,19-5-6-19)27-13-21(32(2,3)44)28(38)30(42-27)20-12-22(35)24(37)14-23(20)36/h9-14,19,25,44-45H,1,5-8,15H2,2-4H3,(H,40,43)/t25?,34-/m1/s1. The SMILES string of the molecule is C=C(C1C=c2cc(C(=O)NC[C@](O)(c3cc(C(C)(C)O)c(F)c(-c4cc(Cl)c(F)cc4F)n3)C3CC3)cc(OC)c2=N1)C1(F)CC1. The molecule has 3 aromatic rings. The molecule has 3 N–H and O–H groups in total. The largest absolute Gasteiger partial charge is 0.494 e. The molecule has 12 heteroatoms. The lowest BCUT2D eigenvalue weighted by molar-refractivity contribution is 0.00863. The highest BCUT2D eigenvalue weighted by Crippen LogP contribution is 2.48. The molecule has 46 heavy (non-hydrogen) atoms. The minimum absolute atomic E-state index is 0.121. The third-order valence-electron chi connectivity index (χ3n) is 8.91. The summed E-state index contributed by atoms with van der Waals surface area (Å²) in [5.41, 5.74) is -6.03. The number of aliphatic hydroxyl groups is 2. The van der Waals surface area contributed by atoms with Gasteiger partial charge >= 0.3 is 0 Å². The normalized spacial score (nSPS) is 19.4. The molecule has 2 heterocycles. The third-order valence-corrected chi connectivity index (χ3v) is 9.20. The van der Waals surface area contributed by atoms with E-state index in [1.54, 1.807) is 12.1 Å². The van der Waals surface area contributed by atoms with Gasteiger partial charge in [0.25, 0.3) is 5.91 Å². The molecule has 0 spiro atoms. The highest BCUT2D eigenvalue weighted by molar-refractivity contribution is 6.31. The molecule has 6 rings (SSSR count). The van der Waals surface area contributed by atoms with Crippen molar-refractivity contribution in [2.75, 3.05) is 13.7 Å². The maximum absolute atomic E-state index is 15.8. The molecule has 7 nitrogen and oxygen atoms in total. The number of amides is 1. The Morgan fingerprint density at radius 1 is 1.13 bits per heavy atom. The summed E-state index contributed by atoms with van der Waals surface area (Å²) in [7, 11) is 1.42. The summed E-state index contributed by atoms with van der Waals surface area (Å²) in [4.78, 5) is 22.3. The number of methoxy groups -OCH3 is 1. The molecule has 2 aliphatic carbocycles. The number of hydrogen-bond donors (Lipinski definition) is 3. The molecule has 3 aliphatic rings. The number of rotatable bonds is 10. The van der Waals surface area contributed by atoms with Gasteiger partial charge in [0.05, 0.1) is 36.0 Å². The van der Waals surface area contributed by atoms with E-state index in [0.29, 0.717) is 53.6 Å². The van der Waals surface area contributed by atoms with E-state index in [1.807, 2.05) is 0 Å². The highest BCUT2D eigenvalue weighted by atomic mass is 35.5. The van der Waals surface area contributed by atoms with Crippen molar-refractivity contribution in [1.29, 1.82) is 0 Å². The molecule has 2 atom stereocenters. The topological polar surface area (TPSA) is 104 Å². The van der Waals surface area contributed by atoms with Gasteiger partial charge in [-0.3, -0.25) is 9.79 Å². The maximum Gasteiger partial charge on any atom is 0.251 e. The van der Waals surface area contributed by atoms with Gasteiger partial charge in [-0.15, -0.1) is 0 Å². The number of aromatic nitrogens is 1. The average molecular weight is 658 g/mol. The zero-order valence-corrected chi connectivity index (χ0v) is 26.1. The first-order chi connectivity index (χ1) is 21.6. The number of pyridine rings is 1. The highest BCUT2D eigenvalue weighted by Gasteiger charge is 2.49. The second-order valence-corrected chi connectivity index (χ2v) is 13.2. The number of nitrogens with one attached hydrogen (secondary N) is 1. The van der Waals surface area contributed by atoms with Crippen LogP contribution in [0.5, 0.6) is 5.75 Å². The minimum atomic E-state index is -1.86. The smallest absolute Gasteiger partial charge is 0.251 e. The molecule has 1 aliphatic heterocycles. The summed E-state index contributed by atoms with van der Waals surface area (Å²) in [6.45, 7) is 6.16. The van der Waals surface area contributed by atoms with E-state index < -0.39 is 68.5 Å². The zero-order valence-electron chi connectivity index (χ0n) is 25.4. The van der Waals surface area contributed by atoms with Gasteiger partial charge < -0.3 is 20.3 Å². The van der Waals surface area contributed by atoms with Crippen molar-refractivity contribution >= 4 is 23.6 Å². The predicted octanol–water partition coefficient (Wildman–Crippen LogP) is 4.92. The Hall–Kier alpha value is -3.80. The molecule has 2 fully saturated rings. The quantitative estimate of drug-likeness (QED) is 0.163. The molecular weight excluding hydrogens is 626 g/mol. The van der Waals surface area contributed by atoms with Gasteiger partial charge in [-0.1, -0.05) is 18.2 Å². The predicted molar refractivity (Wildman–Crippen MR) is 163 cm³/mol. The van der Waals surface area contributed by atoms with Crippen LogP contribution in [0.25, 0.3) is 17.3 Å². The van der Waals surface area contributed by atoms with Crippen molar-refractivity contribution in [2.24, 2.45) is 10.9 Å². The monoisotopic (exact) mass is 657 g/mol. The van der Waals surface area contributed by atoms with Gasteiger partial charge in [0.1, 0.15) is 39.7 Å². The number of ether oxygens (including phenoxy) is 1. The molecule has 2 aromatic carbocycles. The number of carbonyl (C=O) groups is 1. The number of carbonyl (C=O) groups excluding carboxylic acids is 1. The Morgan fingerprint density at radius 3 is 2.43 bits per heavy atom. The molecular formula is C34H32ClF4N3O4. The Balaban J connectivity index is 1.35. The lowest BCUT2D eigenvalue weighted by Gasteiger charge is -2.31. The number of fused-ring (bicyclic) bond motifs is 1. The Bertz CT molecular complexity index is 1920. The Kier molecular flexibility index (Phi) is 7.81. The fourth-order valence-corrected chi connectivity index (χ4v) is 5.97. The lowest BCUT2D eigenvalue weighted by Crippen LogP contribution is -2.44. The average Bonchev–Trinajstić information content (AvgIpc) is 3.94. The van der Waals surface area contributed by atoms with E-state index in [0.717, 1.165) is 6.07 Å². The summed E-state index contributed by atoms with van der Waals surface area (Å²) in [6.07, 6.45) is 3.62. The van der Waals surface area contributed by atoms with Crippen LogP contribution in [-0.2, 0) is 11.2 Å². The molecule has 0 bridgehead atoms. The van der Waals surface area contributed by atoms with Gasteiger partial charge in [-0.2, -0.15) is 0 Å². The first-order valence-corrected chi connectivity index (χ1v) is 15.2. The molecule has 1 unspecified atom stereocenters. The summed E-state index contributed by atoms with van der Waals surface area (Å²) < 4.78 is 64.8. The van der Waals surface area contributed by atoms with E-state index >= 15 is 4.39 Å². The van der Waals surface area contributed by atoms with E-state index in [2.05, 4.69) is 21.9 Å². The fraction of sp³-hybridized carbons (Fsp3) is 0.382. The molecule has 0 saturated heterocycles. The van der Waals surface area contributed by atoms with Crippen LogP contribution in [0.2, 0.25) is 5.02 Å². The van der Waals surface area contributed by atoms with Crippen LogP contribution in [-0.4, -0.2) is 46.5 Å². The molecule has 2 saturated carbocycles. The summed E-state index contributed by atoms with van der Waals surface area (Å²) in [5, 5.41) is 26.1. The number of benzene rings is 2. The molecule has 0 radical (unpaired) electrons. The second kappa shape index (κ2) is 11.2.